The highest BCUT2D eigenvalue weighted by molar-refractivity contribution is 7.07. The quantitative estimate of drug-likeness (QED) is 0.909. The number of ether oxygens (including phenoxy) is 1. The second kappa shape index (κ2) is 6.46. The van der Waals surface area contributed by atoms with Crippen molar-refractivity contribution in [2.75, 3.05) is 6.61 Å². The van der Waals surface area contributed by atoms with E-state index in [-0.39, 0.29) is 30.3 Å². The number of rotatable bonds is 5. The molecule has 21 heavy (non-hydrogen) atoms. The monoisotopic (exact) mass is 308 g/mol. The van der Waals surface area contributed by atoms with E-state index in [1.54, 1.807) is 11.3 Å². The zero-order valence-electron chi connectivity index (χ0n) is 12.7. The van der Waals surface area contributed by atoms with E-state index in [4.69, 9.17) is 4.74 Å². The van der Waals surface area contributed by atoms with Crippen LogP contribution in [0.3, 0.4) is 0 Å². The molecule has 0 bridgehead atoms. The van der Waals surface area contributed by atoms with Crippen LogP contribution in [0, 0.1) is 0 Å². The van der Waals surface area contributed by atoms with Gasteiger partial charge in [-0.25, -0.2) is 0 Å². The molecule has 4 unspecified atom stereocenters. The van der Waals surface area contributed by atoms with Crippen LogP contribution in [0.4, 0.5) is 0 Å². The van der Waals surface area contributed by atoms with Crippen molar-refractivity contribution in [3.63, 3.8) is 0 Å². The summed E-state index contributed by atoms with van der Waals surface area (Å²) in [6, 6.07) is 2.27. The minimum atomic E-state index is -0.0392. The third-order valence-electron chi connectivity index (χ3n) is 4.59. The van der Waals surface area contributed by atoms with Crippen molar-refractivity contribution in [2.24, 2.45) is 0 Å². The number of thiophene rings is 1. The minimum Gasteiger partial charge on any atom is -0.376 e. The molecule has 0 aromatic carbocycles. The number of hydrogen-bond donors (Lipinski definition) is 1. The van der Waals surface area contributed by atoms with Gasteiger partial charge < -0.3 is 9.64 Å². The van der Waals surface area contributed by atoms with Crippen molar-refractivity contribution in [2.45, 2.75) is 63.9 Å². The number of carbonyl (C=O) groups is 1. The zero-order chi connectivity index (χ0) is 14.8. The standard InChI is InChI=1S/C16H24N2O2S/c1-3-4-5-13-16(19)18(14-6-8-20-11(14)2)15(17-13)12-7-9-21-10-12/h7,9-11,13-15,17H,3-6,8H2,1-2H3. The molecule has 3 rings (SSSR count). The Balaban J connectivity index is 1.83. The lowest BCUT2D eigenvalue weighted by Crippen LogP contribution is -2.43. The van der Waals surface area contributed by atoms with Crippen LogP contribution in [-0.2, 0) is 9.53 Å². The van der Waals surface area contributed by atoms with Gasteiger partial charge in [-0.3, -0.25) is 10.1 Å². The highest BCUT2D eigenvalue weighted by atomic mass is 32.1. The van der Waals surface area contributed by atoms with Crippen molar-refractivity contribution in [3.05, 3.63) is 22.4 Å². The lowest BCUT2D eigenvalue weighted by atomic mass is 10.1. The topological polar surface area (TPSA) is 41.6 Å². The summed E-state index contributed by atoms with van der Waals surface area (Å²) >= 11 is 1.68. The fraction of sp³-hybridized carbons (Fsp3) is 0.688. The maximum Gasteiger partial charge on any atom is 0.241 e. The molecule has 0 spiro atoms. The van der Waals surface area contributed by atoms with Gasteiger partial charge in [0.05, 0.1) is 18.2 Å². The summed E-state index contributed by atoms with van der Waals surface area (Å²) in [6.45, 7) is 5.00. The van der Waals surface area contributed by atoms with Gasteiger partial charge in [-0.15, -0.1) is 0 Å². The number of carbonyl (C=O) groups excluding carboxylic acids is 1. The van der Waals surface area contributed by atoms with Gasteiger partial charge >= 0.3 is 0 Å². The molecule has 0 aliphatic carbocycles. The van der Waals surface area contributed by atoms with Crippen molar-refractivity contribution < 1.29 is 9.53 Å². The Morgan fingerprint density at radius 2 is 2.38 bits per heavy atom. The van der Waals surface area contributed by atoms with E-state index in [0.29, 0.717) is 0 Å². The first-order valence-corrected chi connectivity index (χ1v) is 8.88. The van der Waals surface area contributed by atoms with Crippen LogP contribution in [0.25, 0.3) is 0 Å². The molecule has 3 heterocycles. The molecule has 2 fully saturated rings. The van der Waals surface area contributed by atoms with E-state index < -0.39 is 0 Å². The second-order valence-corrected chi connectivity index (χ2v) is 6.78. The lowest BCUT2D eigenvalue weighted by molar-refractivity contribution is -0.133. The van der Waals surface area contributed by atoms with E-state index >= 15 is 0 Å². The Morgan fingerprint density at radius 1 is 1.52 bits per heavy atom. The van der Waals surface area contributed by atoms with Crippen LogP contribution in [0.1, 0.15) is 51.3 Å². The number of nitrogens with zero attached hydrogens (tertiary/aromatic N) is 1. The Kier molecular flexibility index (Phi) is 4.62. The number of amides is 1. The van der Waals surface area contributed by atoms with Crippen molar-refractivity contribution in [3.8, 4) is 0 Å². The molecule has 2 aliphatic rings. The average Bonchev–Trinajstić information content (AvgIpc) is 3.18. The van der Waals surface area contributed by atoms with Crippen LogP contribution in [0.2, 0.25) is 0 Å². The van der Waals surface area contributed by atoms with Crippen LogP contribution in [0.5, 0.6) is 0 Å². The summed E-state index contributed by atoms with van der Waals surface area (Å²) in [5.74, 6) is 0.252. The third-order valence-corrected chi connectivity index (χ3v) is 5.29. The molecule has 4 atom stereocenters. The molecular weight excluding hydrogens is 284 g/mol. The third kappa shape index (κ3) is 2.87. The molecule has 4 nitrogen and oxygen atoms in total. The molecule has 2 saturated heterocycles. The maximum absolute atomic E-state index is 12.9. The Labute approximate surface area is 130 Å². The second-order valence-electron chi connectivity index (χ2n) is 6.00. The summed E-state index contributed by atoms with van der Waals surface area (Å²) in [5.41, 5.74) is 1.20. The van der Waals surface area contributed by atoms with Gasteiger partial charge in [-0.05, 0) is 42.2 Å². The highest BCUT2D eigenvalue weighted by Gasteiger charge is 2.45. The van der Waals surface area contributed by atoms with Gasteiger partial charge in [0.1, 0.15) is 6.17 Å². The van der Waals surface area contributed by atoms with E-state index in [9.17, 15) is 4.79 Å². The molecule has 0 saturated carbocycles. The summed E-state index contributed by atoms with van der Waals surface area (Å²) in [7, 11) is 0. The molecule has 1 amide bonds. The molecule has 1 N–H and O–H groups in total. The molecule has 116 valence electrons. The predicted octanol–water partition coefficient (Wildman–Crippen LogP) is 2.91. The van der Waals surface area contributed by atoms with Gasteiger partial charge in [-0.2, -0.15) is 11.3 Å². The first kappa shape index (κ1) is 15.0. The first-order valence-electron chi connectivity index (χ1n) is 7.94. The maximum atomic E-state index is 12.9. The summed E-state index contributed by atoms with van der Waals surface area (Å²) in [5, 5.41) is 7.77. The highest BCUT2D eigenvalue weighted by Crippen LogP contribution is 2.34. The lowest BCUT2D eigenvalue weighted by Gasteiger charge is -2.31. The molecule has 2 aliphatic heterocycles. The van der Waals surface area contributed by atoms with Crippen LogP contribution < -0.4 is 5.32 Å². The smallest absolute Gasteiger partial charge is 0.241 e. The van der Waals surface area contributed by atoms with Crippen molar-refractivity contribution >= 4 is 17.2 Å². The fourth-order valence-electron chi connectivity index (χ4n) is 3.39. The molecule has 5 heteroatoms. The van der Waals surface area contributed by atoms with Gasteiger partial charge in [0.25, 0.3) is 0 Å². The van der Waals surface area contributed by atoms with E-state index in [2.05, 4.69) is 40.9 Å². The van der Waals surface area contributed by atoms with Gasteiger partial charge in [0.15, 0.2) is 0 Å². The molecule has 1 aromatic heterocycles. The normalized spacial score (nSPS) is 33.0. The summed E-state index contributed by atoms with van der Waals surface area (Å²) in [4.78, 5) is 14.9. The Hall–Kier alpha value is -0.910. The van der Waals surface area contributed by atoms with Crippen LogP contribution in [-0.4, -0.2) is 35.6 Å². The predicted molar refractivity (Wildman–Crippen MR) is 84.2 cm³/mol. The SMILES string of the molecule is CCCCC1NC(c2ccsc2)N(C2CCOC2C)C1=O. The first-order chi connectivity index (χ1) is 10.2. The fourth-order valence-corrected chi connectivity index (χ4v) is 4.07. The minimum absolute atomic E-state index is 0.0137. The number of hydrogen-bond acceptors (Lipinski definition) is 4. The van der Waals surface area contributed by atoms with E-state index in [1.165, 1.54) is 5.56 Å². The molecule has 0 radical (unpaired) electrons. The summed E-state index contributed by atoms with van der Waals surface area (Å²) in [6.07, 6.45) is 4.22. The van der Waals surface area contributed by atoms with E-state index in [1.807, 2.05) is 0 Å². The molecular formula is C16H24N2O2S. The number of unbranched alkanes of at least 4 members (excludes halogenated alkanes) is 1. The van der Waals surface area contributed by atoms with Gasteiger partial charge in [0.2, 0.25) is 5.91 Å². The Bertz CT molecular complexity index is 477. The van der Waals surface area contributed by atoms with Crippen LogP contribution >= 0.6 is 11.3 Å². The summed E-state index contributed by atoms with van der Waals surface area (Å²) < 4.78 is 5.69. The van der Waals surface area contributed by atoms with Gasteiger partial charge in [0, 0.05) is 6.61 Å². The zero-order valence-corrected chi connectivity index (χ0v) is 13.6. The largest absolute Gasteiger partial charge is 0.376 e. The van der Waals surface area contributed by atoms with E-state index in [0.717, 1.165) is 32.3 Å². The van der Waals surface area contributed by atoms with Gasteiger partial charge in [-0.1, -0.05) is 19.8 Å². The Morgan fingerprint density at radius 3 is 3.00 bits per heavy atom. The molecule has 1 aromatic rings. The number of nitrogens with one attached hydrogen (secondary N) is 1. The van der Waals surface area contributed by atoms with Crippen molar-refractivity contribution in [1.29, 1.82) is 0 Å². The van der Waals surface area contributed by atoms with Crippen molar-refractivity contribution in [1.82, 2.24) is 10.2 Å². The van der Waals surface area contributed by atoms with Crippen LogP contribution in [0.15, 0.2) is 16.8 Å². The average molecular weight is 308 g/mol.